The number of rotatable bonds is 3. The Morgan fingerprint density at radius 1 is 1.24 bits per heavy atom. The number of phenols is 1. The highest BCUT2D eigenvalue weighted by molar-refractivity contribution is 6.33. The first kappa shape index (κ1) is 25.7. The molecule has 0 spiro atoms. The van der Waals surface area contributed by atoms with Gasteiger partial charge in [0.05, 0.1) is 11.6 Å². The number of ketones is 2. The Morgan fingerprint density at radius 2 is 1.92 bits per heavy atom. The number of halogens is 1. The summed E-state index contributed by atoms with van der Waals surface area (Å²) in [5, 5.41) is 45.2. The van der Waals surface area contributed by atoms with Crippen molar-refractivity contribution >= 4 is 34.8 Å². The first-order valence-corrected chi connectivity index (χ1v) is 12.6. The van der Waals surface area contributed by atoms with E-state index in [0.29, 0.717) is 10.6 Å². The third-order valence-corrected chi connectivity index (χ3v) is 9.01. The highest BCUT2D eigenvalue weighted by Gasteiger charge is 2.64. The van der Waals surface area contributed by atoms with Crippen LogP contribution < -0.4 is 5.73 Å². The van der Waals surface area contributed by atoms with E-state index in [-0.39, 0.29) is 35.8 Å². The number of likely N-dealkylation sites (tertiary alicyclic amines) is 1. The average Bonchev–Trinajstić information content (AvgIpc) is 3.23. The van der Waals surface area contributed by atoms with Crippen LogP contribution in [0, 0.1) is 11.8 Å². The molecule has 5 rings (SSSR count). The molecular formula is C26H30ClN3O7. The number of carbonyl (C=O) groups is 3. The fraction of sp³-hybridized carbons (Fsp3) is 0.500. The standard InChI is InChI=1S/C26H30ClN3O7/c1-29(2)20-13-8-10-7-12-17(15(31)9-11(19(12)27)14-5-4-6-30(14)3)21(32)16(10)23(34)26(13,37)24(35)18(22(20)33)25(28)36/h9-10,13-14,20,31-32,35,37H,4-8H2,1-3H3,(H2,28,36)/t10-,13-,14?,20-,26-/m0/s1. The van der Waals surface area contributed by atoms with Crippen LogP contribution in [0.5, 0.6) is 5.75 Å². The third kappa shape index (κ3) is 3.39. The van der Waals surface area contributed by atoms with Crippen molar-refractivity contribution in [1.82, 2.24) is 9.80 Å². The smallest absolute Gasteiger partial charge is 0.255 e. The molecule has 10 nitrogen and oxygen atoms in total. The summed E-state index contributed by atoms with van der Waals surface area (Å²) in [6, 6.07) is 0.372. The zero-order valence-electron chi connectivity index (χ0n) is 20.8. The number of amides is 1. The molecule has 1 saturated carbocycles. The van der Waals surface area contributed by atoms with E-state index in [1.807, 2.05) is 7.05 Å². The molecule has 3 aliphatic carbocycles. The number of aliphatic hydroxyl groups is 3. The number of hydrogen-bond acceptors (Lipinski definition) is 9. The molecule has 0 aromatic heterocycles. The topological polar surface area (TPSA) is 165 Å². The number of nitrogens with two attached hydrogens (primary N) is 1. The predicted molar refractivity (Wildman–Crippen MR) is 134 cm³/mol. The van der Waals surface area contributed by atoms with E-state index in [4.69, 9.17) is 17.3 Å². The van der Waals surface area contributed by atoms with Crippen LogP contribution >= 0.6 is 11.6 Å². The first-order valence-electron chi connectivity index (χ1n) is 12.2. The lowest BCUT2D eigenvalue weighted by Gasteiger charge is -2.50. The fourth-order valence-electron chi connectivity index (χ4n) is 6.86. The fourth-order valence-corrected chi connectivity index (χ4v) is 7.21. The largest absolute Gasteiger partial charge is 0.508 e. The van der Waals surface area contributed by atoms with Crippen LogP contribution in [0.2, 0.25) is 5.02 Å². The number of primary amides is 1. The maximum atomic E-state index is 13.8. The number of aromatic hydroxyl groups is 1. The van der Waals surface area contributed by atoms with Gasteiger partial charge in [-0.15, -0.1) is 0 Å². The molecule has 1 aromatic rings. The number of nitrogens with zero attached hydrogens (tertiary/aromatic N) is 2. The van der Waals surface area contributed by atoms with Gasteiger partial charge in [0.25, 0.3) is 5.91 Å². The van der Waals surface area contributed by atoms with Gasteiger partial charge in [0.2, 0.25) is 5.78 Å². The Labute approximate surface area is 218 Å². The van der Waals surface area contributed by atoms with E-state index in [2.05, 4.69) is 4.90 Å². The molecule has 5 atom stereocenters. The summed E-state index contributed by atoms with van der Waals surface area (Å²) >= 11 is 6.85. The minimum Gasteiger partial charge on any atom is -0.508 e. The lowest BCUT2D eigenvalue weighted by molar-refractivity contribution is -0.153. The Hall–Kier alpha value is -2.92. The van der Waals surface area contributed by atoms with Crippen LogP contribution in [0.1, 0.15) is 42.0 Å². The van der Waals surface area contributed by atoms with E-state index >= 15 is 0 Å². The van der Waals surface area contributed by atoms with Crippen molar-refractivity contribution in [3.8, 4) is 5.75 Å². The van der Waals surface area contributed by atoms with Crippen LogP contribution in [-0.2, 0) is 20.8 Å². The molecule has 198 valence electrons. The van der Waals surface area contributed by atoms with Crippen molar-refractivity contribution < 1.29 is 34.8 Å². The molecule has 1 aromatic carbocycles. The van der Waals surface area contributed by atoms with E-state index in [1.165, 1.54) is 11.0 Å². The molecule has 1 unspecified atom stereocenters. The second-order valence-corrected chi connectivity index (χ2v) is 11.1. The van der Waals surface area contributed by atoms with Gasteiger partial charge in [0.15, 0.2) is 11.4 Å². The van der Waals surface area contributed by atoms with Gasteiger partial charge >= 0.3 is 0 Å². The Kier molecular flexibility index (Phi) is 5.95. The van der Waals surface area contributed by atoms with E-state index in [1.54, 1.807) is 14.1 Å². The summed E-state index contributed by atoms with van der Waals surface area (Å²) in [7, 11) is 5.10. The number of phenolic OH excluding ortho intramolecular Hbond substituents is 1. The van der Waals surface area contributed by atoms with Crippen LogP contribution in [0.3, 0.4) is 0 Å². The number of aliphatic hydroxyl groups excluding tert-OH is 2. The molecule has 1 amide bonds. The highest BCUT2D eigenvalue weighted by atomic mass is 35.5. The SMILES string of the molecule is CN1CCCC1c1cc(O)c2c(c1Cl)C[C@H]1C[C@H]3[C@H](N(C)C)C(=O)C(C(N)=O)=C(O)[C@@]3(O)C(=O)C1=C2O. The number of Topliss-reactive ketones (excluding diaryl/α,β-unsaturated/α-hetero) is 2. The molecule has 2 fully saturated rings. The lowest BCUT2D eigenvalue weighted by Crippen LogP contribution is -2.65. The Balaban J connectivity index is 1.70. The van der Waals surface area contributed by atoms with Crippen molar-refractivity contribution in [1.29, 1.82) is 0 Å². The van der Waals surface area contributed by atoms with Gasteiger partial charge in [-0.25, -0.2) is 0 Å². The van der Waals surface area contributed by atoms with Gasteiger partial charge in [-0.2, -0.15) is 0 Å². The van der Waals surface area contributed by atoms with Gasteiger partial charge in [-0.05, 0) is 76.5 Å². The maximum absolute atomic E-state index is 13.8. The maximum Gasteiger partial charge on any atom is 0.255 e. The molecule has 4 aliphatic rings. The molecule has 37 heavy (non-hydrogen) atoms. The Bertz CT molecular complexity index is 1320. The summed E-state index contributed by atoms with van der Waals surface area (Å²) in [6.07, 6.45) is 2.03. The van der Waals surface area contributed by atoms with Crippen molar-refractivity contribution in [2.75, 3.05) is 27.7 Å². The lowest BCUT2D eigenvalue weighted by atomic mass is 9.57. The molecule has 1 heterocycles. The molecule has 0 bridgehead atoms. The molecule has 6 N–H and O–H groups in total. The molecule has 11 heteroatoms. The average molecular weight is 532 g/mol. The monoisotopic (exact) mass is 531 g/mol. The number of benzene rings is 1. The second kappa shape index (κ2) is 8.56. The molecule has 1 saturated heterocycles. The number of carbonyl (C=O) groups excluding carboxylic acids is 3. The number of likely N-dealkylation sites (N-methyl/N-ethyl adjacent to an activating group) is 1. The third-order valence-electron chi connectivity index (χ3n) is 8.56. The van der Waals surface area contributed by atoms with Crippen molar-refractivity contribution in [3.63, 3.8) is 0 Å². The van der Waals surface area contributed by atoms with E-state index in [9.17, 15) is 34.8 Å². The molecular weight excluding hydrogens is 502 g/mol. The minimum atomic E-state index is -2.66. The van der Waals surface area contributed by atoms with E-state index < -0.39 is 58.0 Å². The Morgan fingerprint density at radius 3 is 2.49 bits per heavy atom. The van der Waals surface area contributed by atoms with E-state index in [0.717, 1.165) is 24.9 Å². The zero-order chi connectivity index (χ0) is 27.1. The van der Waals surface area contributed by atoms with Gasteiger partial charge < -0.3 is 26.2 Å². The van der Waals surface area contributed by atoms with Crippen LogP contribution in [0.4, 0.5) is 0 Å². The van der Waals surface area contributed by atoms with Gasteiger partial charge in [-0.1, -0.05) is 11.6 Å². The normalized spacial score (nSPS) is 32.1. The second-order valence-electron chi connectivity index (χ2n) is 10.8. The summed E-state index contributed by atoms with van der Waals surface area (Å²) in [5.41, 5.74) is 2.89. The van der Waals surface area contributed by atoms with Crippen LogP contribution in [0.25, 0.3) is 5.76 Å². The summed E-state index contributed by atoms with van der Waals surface area (Å²) in [6.45, 7) is 0.885. The van der Waals surface area contributed by atoms with Gasteiger partial charge in [0, 0.05) is 22.6 Å². The van der Waals surface area contributed by atoms with Crippen LogP contribution in [0.15, 0.2) is 23.0 Å². The van der Waals surface area contributed by atoms with Gasteiger partial charge in [0.1, 0.15) is 22.8 Å². The zero-order valence-corrected chi connectivity index (χ0v) is 21.5. The summed E-state index contributed by atoms with van der Waals surface area (Å²) < 4.78 is 0. The van der Waals surface area contributed by atoms with Crippen molar-refractivity contribution in [2.45, 2.75) is 43.4 Å². The molecule has 0 radical (unpaired) electrons. The predicted octanol–water partition coefficient (Wildman–Crippen LogP) is 1.38. The molecule has 1 aliphatic heterocycles. The summed E-state index contributed by atoms with van der Waals surface area (Å²) in [4.78, 5) is 42.7. The van der Waals surface area contributed by atoms with Gasteiger partial charge in [-0.3, -0.25) is 24.2 Å². The quantitative estimate of drug-likeness (QED) is 0.362. The van der Waals surface area contributed by atoms with Crippen molar-refractivity contribution in [3.05, 3.63) is 44.7 Å². The number of fused-ring (bicyclic) bond motifs is 3. The minimum absolute atomic E-state index is 0.00214. The highest BCUT2D eigenvalue weighted by Crippen LogP contribution is 2.54. The number of hydrogen-bond donors (Lipinski definition) is 5. The first-order chi connectivity index (χ1) is 17.3. The van der Waals surface area contributed by atoms with Crippen molar-refractivity contribution in [2.24, 2.45) is 17.6 Å². The van der Waals surface area contributed by atoms with Crippen LogP contribution in [-0.4, -0.2) is 87.0 Å². The summed E-state index contributed by atoms with van der Waals surface area (Å²) in [5.74, 6) is -6.76.